The molecular weight excluding hydrogens is 274 g/mol. The molecule has 4 heteroatoms. The summed E-state index contributed by atoms with van der Waals surface area (Å²) in [5, 5.41) is 0. The van der Waals surface area contributed by atoms with E-state index in [0.29, 0.717) is 5.75 Å². The van der Waals surface area contributed by atoms with Gasteiger partial charge >= 0.3 is 0 Å². The van der Waals surface area contributed by atoms with Crippen LogP contribution < -0.4 is 0 Å². The molecule has 0 spiro atoms. The van der Waals surface area contributed by atoms with Crippen LogP contribution in [0.3, 0.4) is 0 Å². The van der Waals surface area contributed by atoms with Crippen molar-refractivity contribution in [1.82, 2.24) is 4.90 Å². The number of carbonyl (C=O) groups is 1. The van der Waals surface area contributed by atoms with Gasteiger partial charge in [0.15, 0.2) is 0 Å². The number of rotatable bonds is 11. The molecule has 0 N–H and O–H groups in total. The Bertz CT molecular complexity index is 248. The van der Waals surface area contributed by atoms with E-state index in [4.69, 9.17) is 0 Å². The fraction of sp³-hybridized carbons (Fsp3) is 0.933. The number of nitrogens with zero attached hydrogens (tertiary/aromatic N) is 1. The van der Waals surface area contributed by atoms with E-state index in [9.17, 15) is 4.79 Å². The van der Waals surface area contributed by atoms with Gasteiger partial charge < -0.3 is 4.90 Å². The van der Waals surface area contributed by atoms with Crippen molar-refractivity contribution in [2.75, 3.05) is 12.3 Å². The molecule has 0 saturated carbocycles. The maximum atomic E-state index is 11.5. The molecule has 1 heterocycles. The third-order valence-electron chi connectivity index (χ3n) is 3.70. The van der Waals surface area contributed by atoms with Gasteiger partial charge in [0.1, 0.15) is 4.71 Å². The Morgan fingerprint density at radius 1 is 1.05 bits per heavy atom. The fourth-order valence-corrected chi connectivity index (χ4v) is 3.77. The summed E-state index contributed by atoms with van der Waals surface area (Å²) >= 11 is 6.05. The van der Waals surface area contributed by atoms with Crippen molar-refractivity contribution in [2.24, 2.45) is 0 Å². The molecule has 1 aliphatic heterocycles. The number of hydrogen-bond donors (Lipinski definition) is 1. The quantitative estimate of drug-likeness (QED) is 0.441. The largest absolute Gasteiger partial charge is 0.321 e. The minimum atomic E-state index is 0.103. The van der Waals surface area contributed by atoms with Crippen LogP contribution in [-0.4, -0.2) is 27.8 Å². The van der Waals surface area contributed by atoms with Crippen molar-refractivity contribution in [3.8, 4) is 0 Å². The van der Waals surface area contributed by atoms with Crippen LogP contribution >= 0.6 is 24.4 Å². The minimum absolute atomic E-state index is 0.103. The Labute approximate surface area is 128 Å². The van der Waals surface area contributed by atoms with Crippen LogP contribution in [0, 0.1) is 0 Å². The average Bonchev–Trinajstić information content (AvgIpc) is 2.72. The van der Waals surface area contributed by atoms with Crippen LogP contribution in [0.1, 0.15) is 71.1 Å². The van der Waals surface area contributed by atoms with Gasteiger partial charge in [-0.2, -0.15) is 0 Å². The molecule has 2 nitrogen and oxygen atoms in total. The molecule has 1 saturated heterocycles. The van der Waals surface area contributed by atoms with E-state index in [1.165, 1.54) is 57.8 Å². The predicted octanol–water partition coefficient (Wildman–Crippen LogP) is 4.70. The number of thiol groups is 1. The second kappa shape index (κ2) is 10.9. The maximum Gasteiger partial charge on any atom is 0.234 e. The van der Waals surface area contributed by atoms with E-state index in [2.05, 4.69) is 19.6 Å². The lowest BCUT2D eigenvalue weighted by atomic mass is 10.1. The summed E-state index contributed by atoms with van der Waals surface area (Å²) in [7, 11) is 0. The number of amides is 1. The molecule has 0 aromatic rings. The highest BCUT2D eigenvalue weighted by Crippen LogP contribution is 2.27. The molecule has 19 heavy (non-hydrogen) atoms. The van der Waals surface area contributed by atoms with Crippen LogP contribution in [0.5, 0.6) is 0 Å². The van der Waals surface area contributed by atoms with Crippen molar-refractivity contribution in [3.63, 3.8) is 0 Å². The summed E-state index contributed by atoms with van der Waals surface area (Å²) < 4.78 is 0.103. The SMILES string of the molecule is CCCCCCCCCCCCN1C(=O)CSC1S. The summed E-state index contributed by atoms with van der Waals surface area (Å²) in [6, 6.07) is 0. The van der Waals surface area contributed by atoms with Crippen LogP contribution in [-0.2, 0) is 4.79 Å². The molecule has 0 aliphatic carbocycles. The molecule has 1 atom stereocenters. The highest BCUT2D eigenvalue weighted by Gasteiger charge is 2.27. The third-order valence-corrected chi connectivity index (χ3v) is 5.39. The summed E-state index contributed by atoms with van der Waals surface area (Å²) in [6.07, 6.45) is 13.4. The first-order chi connectivity index (χ1) is 9.25. The van der Waals surface area contributed by atoms with Crippen molar-refractivity contribution in [3.05, 3.63) is 0 Å². The zero-order chi connectivity index (χ0) is 13.9. The fourth-order valence-electron chi connectivity index (χ4n) is 2.45. The van der Waals surface area contributed by atoms with Gasteiger partial charge in [-0.15, -0.1) is 24.4 Å². The lowest BCUT2D eigenvalue weighted by molar-refractivity contribution is -0.127. The number of thioether (sulfide) groups is 1. The highest BCUT2D eigenvalue weighted by molar-refractivity contribution is 8.11. The number of hydrogen-bond acceptors (Lipinski definition) is 3. The Balaban J connectivity index is 1.85. The molecular formula is C15H29NOS2. The van der Waals surface area contributed by atoms with Gasteiger partial charge in [-0.05, 0) is 6.42 Å². The van der Waals surface area contributed by atoms with Crippen molar-refractivity contribution < 1.29 is 4.79 Å². The number of carbonyl (C=O) groups excluding carboxylic acids is 1. The van der Waals surface area contributed by atoms with Gasteiger partial charge in [0.25, 0.3) is 0 Å². The molecule has 1 rings (SSSR count). The van der Waals surface area contributed by atoms with E-state index in [1.54, 1.807) is 11.8 Å². The lowest BCUT2D eigenvalue weighted by Crippen LogP contribution is -2.30. The summed E-state index contributed by atoms with van der Waals surface area (Å²) in [6.45, 7) is 3.16. The van der Waals surface area contributed by atoms with Crippen molar-refractivity contribution >= 4 is 30.3 Å². The van der Waals surface area contributed by atoms with Crippen LogP contribution in [0.15, 0.2) is 0 Å². The zero-order valence-electron chi connectivity index (χ0n) is 12.3. The highest BCUT2D eigenvalue weighted by atomic mass is 32.2. The Kier molecular flexibility index (Phi) is 9.88. The Morgan fingerprint density at radius 2 is 1.58 bits per heavy atom. The van der Waals surface area contributed by atoms with Gasteiger partial charge in [-0.1, -0.05) is 64.7 Å². The van der Waals surface area contributed by atoms with E-state index in [-0.39, 0.29) is 10.6 Å². The molecule has 0 radical (unpaired) electrons. The Hall–Kier alpha value is 0.170. The van der Waals surface area contributed by atoms with Crippen molar-refractivity contribution in [1.29, 1.82) is 0 Å². The van der Waals surface area contributed by atoms with E-state index in [0.717, 1.165) is 13.0 Å². The normalized spacial score (nSPS) is 19.4. The van der Waals surface area contributed by atoms with Gasteiger partial charge in [-0.25, -0.2) is 0 Å². The van der Waals surface area contributed by atoms with Crippen LogP contribution in [0.2, 0.25) is 0 Å². The average molecular weight is 304 g/mol. The minimum Gasteiger partial charge on any atom is -0.321 e. The summed E-state index contributed by atoms with van der Waals surface area (Å²) in [4.78, 5) is 13.4. The van der Waals surface area contributed by atoms with Crippen LogP contribution in [0.4, 0.5) is 0 Å². The third kappa shape index (κ3) is 7.50. The second-order valence-corrected chi connectivity index (χ2v) is 7.31. The maximum absolute atomic E-state index is 11.5. The zero-order valence-corrected chi connectivity index (χ0v) is 14.0. The molecule has 1 aliphatic rings. The molecule has 0 bridgehead atoms. The van der Waals surface area contributed by atoms with Gasteiger partial charge in [0.2, 0.25) is 5.91 Å². The molecule has 1 amide bonds. The summed E-state index contributed by atoms with van der Waals surface area (Å²) in [5.41, 5.74) is 0. The smallest absolute Gasteiger partial charge is 0.234 e. The molecule has 112 valence electrons. The van der Waals surface area contributed by atoms with E-state index in [1.807, 2.05) is 4.90 Å². The molecule has 0 aromatic carbocycles. The lowest BCUT2D eigenvalue weighted by Gasteiger charge is -2.19. The first-order valence-corrected chi connectivity index (χ1v) is 9.41. The standard InChI is InChI=1S/C15H29NOS2/c1-2-3-4-5-6-7-8-9-10-11-12-16-14(17)13-19-15(16)18/h15,18H,2-13H2,1H3. The van der Waals surface area contributed by atoms with Crippen molar-refractivity contribution in [2.45, 2.75) is 75.8 Å². The van der Waals surface area contributed by atoms with E-state index >= 15 is 0 Å². The first kappa shape index (κ1) is 17.2. The van der Waals surface area contributed by atoms with Crippen LogP contribution in [0.25, 0.3) is 0 Å². The predicted molar refractivity (Wildman–Crippen MR) is 88.8 cm³/mol. The first-order valence-electron chi connectivity index (χ1n) is 7.85. The molecule has 1 unspecified atom stereocenters. The monoisotopic (exact) mass is 303 g/mol. The van der Waals surface area contributed by atoms with Gasteiger partial charge in [0.05, 0.1) is 5.75 Å². The van der Waals surface area contributed by atoms with Gasteiger partial charge in [0, 0.05) is 6.54 Å². The topological polar surface area (TPSA) is 20.3 Å². The number of unbranched alkanes of at least 4 members (excludes halogenated alkanes) is 9. The Morgan fingerprint density at radius 3 is 2.05 bits per heavy atom. The van der Waals surface area contributed by atoms with Gasteiger partial charge in [-0.3, -0.25) is 4.79 Å². The molecule has 1 fully saturated rings. The molecule has 0 aromatic heterocycles. The second-order valence-electron chi connectivity index (χ2n) is 5.41. The van der Waals surface area contributed by atoms with E-state index < -0.39 is 0 Å². The summed E-state index contributed by atoms with van der Waals surface area (Å²) in [5.74, 6) is 0.882.